The number of fused-ring (bicyclic) bond motifs is 1. The van der Waals surface area contributed by atoms with Crippen LogP contribution in [-0.4, -0.2) is 34.5 Å². The third kappa shape index (κ3) is 4.73. The van der Waals surface area contributed by atoms with E-state index in [0.29, 0.717) is 49.8 Å². The summed E-state index contributed by atoms with van der Waals surface area (Å²) in [6, 6.07) is 8.33. The quantitative estimate of drug-likeness (QED) is 0.362. The fourth-order valence-corrected chi connectivity index (χ4v) is 4.75. The molecule has 0 spiro atoms. The molecule has 2 heterocycles. The van der Waals surface area contributed by atoms with E-state index in [2.05, 4.69) is 31.3 Å². The number of hydrogen-bond acceptors (Lipinski definition) is 7. The van der Waals surface area contributed by atoms with Gasteiger partial charge in [-0.1, -0.05) is 29.3 Å². The summed E-state index contributed by atoms with van der Waals surface area (Å²) in [5.74, 6) is 1.05. The van der Waals surface area contributed by atoms with Crippen LogP contribution in [0.5, 0.6) is 11.5 Å². The Morgan fingerprint density at radius 1 is 1.24 bits per heavy atom. The van der Waals surface area contributed by atoms with Gasteiger partial charge in [0.1, 0.15) is 19.0 Å². The van der Waals surface area contributed by atoms with Crippen LogP contribution in [0.3, 0.4) is 0 Å². The highest BCUT2D eigenvalue weighted by atomic mass is 79.9. The predicted molar refractivity (Wildman–Crippen MR) is 133 cm³/mol. The maximum atomic E-state index is 12.7. The van der Waals surface area contributed by atoms with Crippen LogP contribution in [0.15, 0.2) is 52.4 Å². The van der Waals surface area contributed by atoms with Crippen molar-refractivity contribution in [3.63, 3.8) is 0 Å². The lowest BCUT2D eigenvalue weighted by Gasteiger charge is -2.28. The summed E-state index contributed by atoms with van der Waals surface area (Å²) in [7, 11) is 1.34. The number of halogens is 3. The molecule has 1 unspecified atom stereocenters. The van der Waals surface area contributed by atoms with E-state index in [4.69, 9.17) is 37.4 Å². The maximum absolute atomic E-state index is 12.7. The van der Waals surface area contributed by atoms with E-state index in [1.807, 2.05) is 25.1 Å². The monoisotopic (exact) mass is 566 g/mol. The molecule has 1 aromatic heterocycles. The van der Waals surface area contributed by atoms with Gasteiger partial charge in [0, 0.05) is 21.3 Å². The Bertz CT molecular complexity index is 1280. The second kappa shape index (κ2) is 10.2. The van der Waals surface area contributed by atoms with Crippen molar-refractivity contribution in [2.24, 2.45) is 0 Å². The van der Waals surface area contributed by atoms with Crippen LogP contribution >= 0.6 is 39.1 Å². The van der Waals surface area contributed by atoms with Crippen molar-refractivity contribution >= 4 is 51.0 Å². The van der Waals surface area contributed by atoms with E-state index in [0.717, 1.165) is 11.1 Å². The Morgan fingerprint density at radius 3 is 2.74 bits per heavy atom. The lowest BCUT2D eigenvalue weighted by atomic mass is 9.95. The van der Waals surface area contributed by atoms with E-state index in [1.165, 1.54) is 13.4 Å². The second-order valence-electron chi connectivity index (χ2n) is 7.37. The lowest BCUT2D eigenvalue weighted by molar-refractivity contribution is -0.136. The van der Waals surface area contributed by atoms with E-state index in [-0.39, 0.29) is 6.61 Å². The zero-order valence-electron chi connectivity index (χ0n) is 18.6. The van der Waals surface area contributed by atoms with Gasteiger partial charge in [0.25, 0.3) is 0 Å². The van der Waals surface area contributed by atoms with Gasteiger partial charge in [-0.05, 0) is 59.6 Å². The van der Waals surface area contributed by atoms with Crippen molar-refractivity contribution in [2.75, 3.05) is 19.0 Å². The Morgan fingerprint density at radius 2 is 2.03 bits per heavy atom. The Kier molecular flexibility index (Phi) is 7.35. The van der Waals surface area contributed by atoms with Gasteiger partial charge in [-0.3, -0.25) is 0 Å². The van der Waals surface area contributed by atoms with Crippen molar-refractivity contribution in [2.45, 2.75) is 26.5 Å². The number of benzene rings is 2. The molecule has 0 saturated carbocycles. The Balaban J connectivity index is 1.75. The van der Waals surface area contributed by atoms with Gasteiger partial charge in [-0.2, -0.15) is 10.1 Å². The second-order valence-corrected chi connectivity index (χ2v) is 9.07. The third-order valence-corrected chi connectivity index (χ3v) is 6.41. The van der Waals surface area contributed by atoms with Gasteiger partial charge in [0.05, 0.1) is 23.8 Å². The van der Waals surface area contributed by atoms with Gasteiger partial charge in [0.15, 0.2) is 11.5 Å². The summed E-state index contributed by atoms with van der Waals surface area (Å²) in [6.07, 6.45) is 1.43. The molecule has 0 saturated heterocycles. The van der Waals surface area contributed by atoms with Crippen LogP contribution in [0.25, 0.3) is 0 Å². The highest BCUT2D eigenvalue weighted by Crippen LogP contribution is 2.43. The fraction of sp³-hybridized carbons (Fsp3) is 0.261. The molecule has 2 aromatic carbocycles. The number of ether oxygens (including phenoxy) is 3. The molecule has 0 bridgehead atoms. The minimum absolute atomic E-state index is 0.209. The summed E-state index contributed by atoms with van der Waals surface area (Å²) >= 11 is 15.9. The van der Waals surface area contributed by atoms with Gasteiger partial charge >= 0.3 is 5.97 Å². The van der Waals surface area contributed by atoms with Crippen molar-refractivity contribution in [1.82, 2.24) is 14.8 Å². The number of anilines is 1. The lowest BCUT2D eigenvalue weighted by Crippen LogP contribution is -2.29. The van der Waals surface area contributed by atoms with Crippen LogP contribution in [0.1, 0.15) is 31.0 Å². The highest BCUT2D eigenvalue weighted by Gasteiger charge is 2.35. The summed E-state index contributed by atoms with van der Waals surface area (Å²) < 4.78 is 19.3. The summed E-state index contributed by atoms with van der Waals surface area (Å²) in [6.45, 7) is 4.29. The summed E-state index contributed by atoms with van der Waals surface area (Å²) in [4.78, 5) is 16.9. The maximum Gasteiger partial charge on any atom is 0.338 e. The molecule has 1 aliphatic rings. The number of esters is 1. The SMILES string of the molecule is CCOc1cc(C2C(C(=O)OC)=C(C)Nc3ncnn32)cc(Br)c1OCc1ccc(Cl)cc1Cl. The zero-order valence-corrected chi connectivity index (χ0v) is 21.7. The Labute approximate surface area is 214 Å². The first-order chi connectivity index (χ1) is 16.3. The van der Waals surface area contributed by atoms with Gasteiger partial charge in [0.2, 0.25) is 5.95 Å². The van der Waals surface area contributed by atoms with E-state index in [9.17, 15) is 4.79 Å². The minimum Gasteiger partial charge on any atom is -0.490 e. The largest absolute Gasteiger partial charge is 0.490 e. The zero-order chi connectivity index (χ0) is 24.4. The fourth-order valence-electron chi connectivity index (χ4n) is 3.71. The van der Waals surface area contributed by atoms with Gasteiger partial charge in [-0.25, -0.2) is 9.48 Å². The topological polar surface area (TPSA) is 87.5 Å². The number of carbonyl (C=O) groups excluding carboxylic acids is 1. The molecule has 8 nitrogen and oxygen atoms in total. The molecule has 1 aliphatic heterocycles. The standard InChI is InChI=1S/C23H21BrCl2N4O4/c1-4-33-18-8-14(7-16(24)21(18)34-10-13-5-6-15(25)9-17(13)26)20-19(22(31)32-3)12(2)29-23-27-11-28-30(20)23/h5-9,11,20H,4,10H2,1-3H3,(H,27,28,29). The highest BCUT2D eigenvalue weighted by molar-refractivity contribution is 9.10. The molecule has 1 atom stereocenters. The van der Waals surface area contributed by atoms with Crippen molar-refractivity contribution < 1.29 is 19.0 Å². The average Bonchev–Trinajstić information content (AvgIpc) is 3.26. The summed E-state index contributed by atoms with van der Waals surface area (Å²) in [5, 5.41) is 8.48. The predicted octanol–water partition coefficient (Wildman–Crippen LogP) is 5.79. The molecule has 3 aromatic rings. The molecule has 0 aliphatic carbocycles. The van der Waals surface area contributed by atoms with Crippen LogP contribution in [0.4, 0.5) is 5.95 Å². The molecular weight excluding hydrogens is 547 g/mol. The molecule has 0 fully saturated rings. The summed E-state index contributed by atoms with van der Waals surface area (Å²) in [5.41, 5.74) is 2.56. The van der Waals surface area contributed by atoms with Crippen LogP contribution in [0.2, 0.25) is 10.0 Å². The van der Waals surface area contributed by atoms with Gasteiger partial charge in [-0.15, -0.1) is 0 Å². The van der Waals surface area contributed by atoms with Gasteiger partial charge < -0.3 is 19.5 Å². The number of rotatable bonds is 7. The van der Waals surface area contributed by atoms with E-state index in [1.54, 1.807) is 23.7 Å². The minimum atomic E-state index is -0.582. The molecule has 0 radical (unpaired) electrons. The van der Waals surface area contributed by atoms with E-state index < -0.39 is 12.0 Å². The number of aromatic nitrogens is 3. The normalized spacial score (nSPS) is 14.9. The van der Waals surface area contributed by atoms with Crippen LogP contribution in [0, 0.1) is 0 Å². The number of carbonyl (C=O) groups is 1. The molecule has 34 heavy (non-hydrogen) atoms. The number of nitrogens with zero attached hydrogens (tertiary/aromatic N) is 3. The number of methoxy groups -OCH3 is 1. The van der Waals surface area contributed by atoms with Crippen LogP contribution < -0.4 is 14.8 Å². The van der Waals surface area contributed by atoms with Crippen molar-refractivity contribution in [3.8, 4) is 11.5 Å². The number of hydrogen-bond donors (Lipinski definition) is 1. The third-order valence-electron chi connectivity index (χ3n) is 5.23. The molecule has 178 valence electrons. The molecule has 11 heteroatoms. The average molecular weight is 568 g/mol. The number of nitrogens with one attached hydrogen (secondary N) is 1. The molecule has 0 amide bonds. The molecular formula is C23H21BrCl2N4O4. The number of allylic oxidation sites excluding steroid dienone is 1. The first-order valence-corrected chi connectivity index (χ1v) is 11.9. The first kappa shape index (κ1) is 24.4. The molecule has 4 rings (SSSR count). The Hall–Kier alpha value is -2.75. The van der Waals surface area contributed by atoms with Crippen molar-refractivity contribution in [3.05, 3.63) is 73.6 Å². The smallest absolute Gasteiger partial charge is 0.338 e. The van der Waals surface area contributed by atoms with Crippen LogP contribution in [-0.2, 0) is 16.1 Å². The van der Waals surface area contributed by atoms with Crippen molar-refractivity contribution in [1.29, 1.82) is 0 Å². The van der Waals surface area contributed by atoms with E-state index >= 15 is 0 Å². The first-order valence-electron chi connectivity index (χ1n) is 10.3. The molecule has 1 N–H and O–H groups in total.